The van der Waals surface area contributed by atoms with Crippen LogP contribution in [0, 0.1) is 0 Å². The molecule has 0 bridgehead atoms. The smallest absolute Gasteiger partial charge is 0.498 e. The van der Waals surface area contributed by atoms with Gasteiger partial charge >= 0.3 is 7.12 Å². The summed E-state index contributed by atoms with van der Waals surface area (Å²) >= 11 is -1.28. The molecule has 1 N–H and O–H groups in total. The number of nitrogens with zero attached hydrogens (tertiary/aromatic N) is 2. The molecule has 0 unspecified atom stereocenters. The van der Waals surface area contributed by atoms with E-state index >= 15 is 0 Å². The van der Waals surface area contributed by atoms with Crippen LogP contribution >= 0.6 is 0 Å². The molecule has 2 fully saturated rings. The zero-order chi connectivity index (χ0) is 26.9. The van der Waals surface area contributed by atoms with Gasteiger partial charge in [-0.15, -0.1) is 4.72 Å². The van der Waals surface area contributed by atoms with Crippen LogP contribution < -0.4 is 10.2 Å². The average molecular weight is 524 g/mol. The van der Waals surface area contributed by atoms with Gasteiger partial charge < -0.3 is 18.3 Å². The van der Waals surface area contributed by atoms with Gasteiger partial charge in [-0.05, 0) is 73.5 Å². The molecule has 1 saturated carbocycles. The Labute approximate surface area is 217 Å². The van der Waals surface area contributed by atoms with E-state index in [2.05, 4.69) is 45.5 Å². The van der Waals surface area contributed by atoms with Gasteiger partial charge in [-0.25, -0.2) is 9.97 Å². The van der Waals surface area contributed by atoms with E-state index in [1.165, 1.54) is 0 Å². The van der Waals surface area contributed by atoms with Crippen molar-refractivity contribution >= 4 is 32.3 Å². The summed E-state index contributed by atoms with van der Waals surface area (Å²) in [6, 6.07) is 0. The fraction of sp³-hybridized carbons (Fsp3) is 0.840. The molecule has 1 aliphatic carbocycles. The predicted molar refractivity (Wildman–Crippen MR) is 146 cm³/mol. The van der Waals surface area contributed by atoms with Crippen molar-refractivity contribution in [3.8, 4) is 0 Å². The average Bonchev–Trinajstić information content (AvgIpc) is 2.85. The minimum atomic E-state index is -1.98. The summed E-state index contributed by atoms with van der Waals surface area (Å²) in [5.74, 6) is 0.631. The summed E-state index contributed by atoms with van der Waals surface area (Å²) < 4.78 is 35.3. The summed E-state index contributed by atoms with van der Waals surface area (Å²) in [5.41, 5.74) is -1.03. The van der Waals surface area contributed by atoms with Crippen LogP contribution in [0.1, 0.15) is 94.8 Å². The van der Waals surface area contributed by atoms with Crippen LogP contribution in [-0.4, -0.2) is 51.5 Å². The van der Waals surface area contributed by atoms with Crippen LogP contribution in [0.15, 0.2) is 12.4 Å². The predicted octanol–water partition coefficient (Wildman–Crippen LogP) is 4.60. The van der Waals surface area contributed by atoms with Gasteiger partial charge in [0.05, 0.1) is 16.8 Å². The van der Waals surface area contributed by atoms with Crippen LogP contribution in [0.3, 0.4) is 0 Å². The van der Waals surface area contributed by atoms with Gasteiger partial charge in [0.15, 0.2) is 14.1 Å². The molecule has 1 aromatic rings. The first-order chi connectivity index (χ1) is 15.5. The van der Waals surface area contributed by atoms with Crippen molar-refractivity contribution in [2.45, 2.75) is 134 Å². The van der Waals surface area contributed by atoms with Crippen LogP contribution in [0.2, 0.25) is 18.1 Å². The van der Waals surface area contributed by atoms with Gasteiger partial charge in [0.1, 0.15) is 10.3 Å². The molecule has 3 rings (SSSR count). The van der Waals surface area contributed by atoms with Crippen molar-refractivity contribution in [3.05, 3.63) is 18.2 Å². The second-order valence-electron chi connectivity index (χ2n) is 14.2. The monoisotopic (exact) mass is 523 g/mol. The van der Waals surface area contributed by atoms with E-state index in [0.717, 1.165) is 5.46 Å². The van der Waals surface area contributed by atoms with E-state index in [9.17, 15) is 4.55 Å². The molecule has 2 aliphatic rings. The van der Waals surface area contributed by atoms with Crippen molar-refractivity contribution < 1.29 is 18.3 Å². The second-order valence-corrected chi connectivity index (χ2v) is 20.9. The highest BCUT2D eigenvalue weighted by atomic mass is 32.2. The molecule has 10 heteroatoms. The van der Waals surface area contributed by atoms with E-state index in [1.54, 1.807) is 12.4 Å². The Morgan fingerprint density at radius 3 is 1.83 bits per heavy atom. The van der Waals surface area contributed by atoms with Crippen LogP contribution in [0.5, 0.6) is 0 Å². The van der Waals surface area contributed by atoms with E-state index in [0.29, 0.717) is 18.7 Å². The zero-order valence-electron chi connectivity index (χ0n) is 24.1. The van der Waals surface area contributed by atoms with Crippen molar-refractivity contribution in [2.24, 2.45) is 0 Å². The van der Waals surface area contributed by atoms with Crippen LogP contribution in [-0.2, 0) is 30.6 Å². The third kappa shape index (κ3) is 5.68. The lowest BCUT2D eigenvalue weighted by Crippen LogP contribution is -2.67. The molecular weight excluding hydrogens is 477 g/mol. The van der Waals surface area contributed by atoms with Crippen molar-refractivity contribution in [1.29, 1.82) is 0 Å². The standard InChI is InChI=1S/C25H46BN3O4SSi/c1-20(2,3)34(30)29-25(16-24(11,17-25)33-35(12,13)21(4,5)6)19-27-14-18(15-28-19)26-31-22(7,8)23(9,10)32-26/h14-15,29H,16-17H2,1-13H3/t24?,25?,34-/m1/s1. The van der Waals surface area contributed by atoms with Gasteiger partial charge in [-0.3, -0.25) is 0 Å². The van der Waals surface area contributed by atoms with E-state index in [1.807, 2.05) is 48.5 Å². The summed E-state index contributed by atoms with van der Waals surface area (Å²) in [4.78, 5) is 9.49. The molecule has 1 aliphatic heterocycles. The number of rotatable bonds is 6. The minimum Gasteiger partial charge on any atom is -0.598 e. The lowest BCUT2D eigenvalue weighted by atomic mass is 9.66. The van der Waals surface area contributed by atoms with Gasteiger partial charge in [-0.2, -0.15) is 0 Å². The first-order valence-corrected chi connectivity index (χ1v) is 16.7. The van der Waals surface area contributed by atoms with E-state index in [-0.39, 0.29) is 10.6 Å². The first-order valence-electron chi connectivity index (χ1n) is 12.6. The number of aromatic nitrogens is 2. The number of hydrogen-bond donors (Lipinski definition) is 1. The molecule has 7 nitrogen and oxygen atoms in total. The van der Waals surface area contributed by atoms with Gasteiger partial charge in [0.25, 0.3) is 0 Å². The lowest BCUT2D eigenvalue weighted by Gasteiger charge is -2.56. The second kappa shape index (κ2) is 8.78. The molecule has 0 spiro atoms. The highest BCUT2D eigenvalue weighted by Crippen LogP contribution is 2.53. The van der Waals surface area contributed by atoms with E-state index in [4.69, 9.17) is 23.7 Å². The third-order valence-electron chi connectivity index (χ3n) is 8.13. The Morgan fingerprint density at radius 1 is 0.971 bits per heavy atom. The van der Waals surface area contributed by atoms with Gasteiger partial charge in [0.2, 0.25) is 0 Å². The third-order valence-corrected chi connectivity index (χ3v) is 14.4. The molecule has 0 aromatic carbocycles. The molecule has 0 amide bonds. The Balaban J connectivity index is 1.87. The lowest BCUT2D eigenvalue weighted by molar-refractivity contribution is -0.0725. The quantitative estimate of drug-likeness (QED) is 0.431. The largest absolute Gasteiger partial charge is 0.598 e. The summed E-state index contributed by atoms with van der Waals surface area (Å²) in [6.45, 7) is 27.5. The Morgan fingerprint density at radius 2 is 1.43 bits per heavy atom. The minimum absolute atomic E-state index is 0.108. The molecule has 35 heavy (non-hydrogen) atoms. The molecule has 1 aromatic heterocycles. The Kier molecular flexibility index (Phi) is 7.29. The van der Waals surface area contributed by atoms with E-state index < -0.39 is 48.3 Å². The summed E-state index contributed by atoms with van der Waals surface area (Å²) in [7, 11) is -2.50. The molecule has 1 saturated heterocycles. The SMILES string of the molecule is CC1(O[Si](C)(C)C(C)(C)C)CC(N[S@+]([O-])C(C)(C)C)(c2ncc(B3OC(C)(C)C(C)(C)O3)cn2)C1. The maximum atomic E-state index is 13.2. The fourth-order valence-corrected chi connectivity index (χ4v) is 6.94. The zero-order valence-corrected chi connectivity index (χ0v) is 25.9. The topological polar surface area (TPSA) is 88.6 Å². The normalized spacial score (nSPS) is 29.7. The molecular formula is C25H46BN3O4SSi. The van der Waals surface area contributed by atoms with Crippen LogP contribution in [0.25, 0.3) is 0 Å². The molecule has 198 valence electrons. The highest BCUT2D eigenvalue weighted by Gasteiger charge is 2.61. The van der Waals surface area contributed by atoms with Crippen molar-refractivity contribution in [3.63, 3.8) is 0 Å². The van der Waals surface area contributed by atoms with Gasteiger partial charge in [0, 0.05) is 42.1 Å². The molecule has 2 heterocycles. The maximum Gasteiger partial charge on any atom is 0.498 e. The van der Waals surface area contributed by atoms with Gasteiger partial charge in [-0.1, -0.05) is 20.8 Å². The summed E-state index contributed by atoms with van der Waals surface area (Å²) in [6.07, 6.45) is 4.87. The highest BCUT2D eigenvalue weighted by molar-refractivity contribution is 7.90. The summed E-state index contributed by atoms with van der Waals surface area (Å²) in [5, 5.41) is 0.108. The molecule has 0 radical (unpaired) electrons. The van der Waals surface area contributed by atoms with Crippen LogP contribution in [0.4, 0.5) is 0 Å². The Hall–Kier alpha value is -0.488. The fourth-order valence-electron chi connectivity index (χ4n) is 4.36. The Bertz CT molecular complexity index is 906. The van der Waals surface area contributed by atoms with Crippen molar-refractivity contribution in [1.82, 2.24) is 14.7 Å². The van der Waals surface area contributed by atoms with Crippen molar-refractivity contribution in [2.75, 3.05) is 0 Å². The first kappa shape index (κ1) is 29.1. The molecule has 1 atom stereocenters. The number of hydrogen-bond acceptors (Lipinski definition) is 7. The number of nitrogens with one attached hydrogen (secondary N) is 1. The maximum absolute atomic E-state index is 13.2.